The summed E-state index contributed by atoms with van der Waals surface area (Å²) in [5.74, 6) is -5.34. The van der Waals surface area contributed by atoms with Gasteiger partial charge in [-0.1, -0.05) is 0 Å². The van der Waals surface area contributed by atoms with Crippen LogP contribution in [0.5, 0.6) is 5.75 Å². The predicted octanol–water partition coefficient (Wildman–Crippen LogP) is 4.14. The monoisotopic (exact) mass is 556 g/mol. The van der Waals surface area contributed by atoms with Gasteiger partial charge in [-0.2, -0.15) is 26.3 Å². The molecule has 15 heteroatoms. The minimum Gasteiger partial charge on any atom is -0.497 e. The number of ether oxygens (including phenoxy) is 1. The normalized spacial score (nSPS) is 17.3. The maximum atomic E-state index is 11.4. The fourth-order valence-electron chi connectivity index (χ4n) is 3.63. The first-order chi connectivity index (χ1) is 17.6. The Balaban J connectivity index is 0.000000426. The molecule has 1 aliphatic heterocycles. The summed E-state index contributed by atoms with van der Waals surface area (Å²) in [6.07, 6.45) is -4.50. The van der Waals surface area contributed by atoms with Gasteiger partial charge in [-0.25, -0.2) is 9.59 Å². The number of carbonyl (C=O) groups is 3. The lowest BCUT2D eigenvalue weighted by atomic mass is 9.82. The van der Waals surface area contributed by atoms with Gasteiger partial charge in [-0.15, -0.1) is 0 Å². The van der Waals surface area contributed by atoms with E-state index >= 15 is 0 Å². The number of alkyl halides is 6. The van der Waals surface area contributed by atoms with E-state index in [4.69, 9.17) is 24.5 Å². The number of aryl methyl sites for hydroxylation is 1. The van der Waals surface area contributed by atoms with E-state index in [-0.39, 0.29) is 11.8 Å². The van der Waals surface area contributed by atoms with Crippen LogP contribution in [0, 0.1) is 11.8 Å². The Labute approximate surface area is 212 Å². The molecule has 0 bridgehead atoms. The van der Waals surface area contributed by atoms with Crippen LogP contribution in [0.25, 0.3) is 10.9 Å². The number of benzene rings is 1. The van der Waals surface area contributed by atoms with Crippen LogP contribution in [0.4, 0.5) is 26.3 Å². The summed E-state index contributed by atoms with van der Waals surface area (Å²) >= 11 is 0. The number of carboxylic acids is 3. The van der Waals surface area contributed by atoms with Gasteiger partial charge in [0.25, 0.3) is 0 Å². The van der Waals surface area contributed by atoms with E-state index in [1.165, 1.54) is 5.56 Å². The third-order valence-corrected chi connectivity index (χ3v) is 5.49. The highest BCUT2D eigenvalue weighted by Crippen LogP contribution is 2.27. The molecule has 1 aliphatic rings. The first-order valence-corrected chi connectivity index (χ1v) is 11.0. The number of rotatable bonds is 6. The number of piperidine rings is 1. The molecular formula is C23H26F6N2O7. The summed E-state index contributed by atoms with van der Waals surface area (Å²) in [4.78, 5) is 33.6. The van der Waals surface area contributed by atoms with Gasteiger partial charge in [0.2, 0.25) is 0 Å². The van der Waals surface area contributed by atoms with Gasteiger partial charge >= 0.3 is 30.3 Å². The van der Waals surface area contributed by atoms with E-state index < -0.39 is 30.3 Å². The molecule has 1 saturated heterocycles. The third-order valence-electron chi connectivity index (χ3n) is 5.49. The van der Waals surface area contributed by atoms with Crippen LogP contribution in [0.2, 0.25) is 0 Å². The van der Waals surface area contributed by atoms with Crippen molar-refractivity contribution >= 4 is 28.8 Å². The maximum Gasteiger partial charge on any atom is 0.490 e. The molecule has 0 saturated carbocycles. The summed E-state index contributed by atoms with van der Waals surface area (Å²) in [5, 5.41) is 27.9. The highest BCUT2D eigenvalue weighted by atomic mass is 19.4. The Bertz CT molecular complexity index is 1070. The van der Waals surface area contributed by atoms with Gasteiger partial charge in [0.05, 0.1) is 18.5 Å². The summed E-state index contributed by atoms with van der Waals surface area (Å²) in [6.45, 7) is 1.51. The van der Waals surface area contributed by atoms with E-state index in [0.717, 1.165) is 48.9 Å². The highest BCUT2D eigenvalue weighted by molar-refractivity contribution is 5.83. The number of pyridine rings is 1. The van der Waals surface area contributed by atoms with Crippen molar-refractivity contribution in [1.82, 2.24) is 10.3 Å². The maximum absolute atomic E-state index is 11.4. The average Bonchev–Trinajstić information content (AvgIpc) is 2.83. The van der Waals surface area contributed by atoms with E-state index in [1.54, 1.807) is 7.11 Å². The summed E-state index contributed by atoms with van der Waals surface area (Å²) < 4.78 is 68.8. The van der Waals surface area contributed by atoms with Crippen LogP contribution >= 0.6 is 0 Å². The lowest BCUT2D eigenvalue weighted by molar-refractivity contribution is -0.193. The van der Waals surface area contributed by atoms with Gasteiger partial charge in [0.15, 0.2) is 0 Å². The zero-order valence-electron chi connectivity index (χ0n) is 20.0. The molecule has 0 spiro atoms. The Kier molecular flexibility index (Phi) is 12.2. The van der Waals surface area contributed by atoms with E-state index in [0.29, 0.717) is 6.54 Å². The van der Waals surface area contributed by atoms with Crippen LogP contribution in [0.1, 0.15) is 24.8 Å². The van der Waals surface area contributed by atoms with Crippen molar-refractivity contribution in [1.29, 1.82) is 0 Å². The molecule has 1 fully saturated rings. The molecule has 2 aromatic rings. The van der Waals surface area contributed by atoms with Gasteiger partial charge in [-0.05, 0) is 68.0 Å². The lowest BCUT2D eigenvalue weighted by Crippen LogP contribution is -2.40. The number of hydrogen-bond acceptors (Lipinski definition) is 6. The van der Waals surface area contributed by atoms with Gasteiger partial charge in [0, 0.05) is 18.1 Å². The summed E-state index contributed by atoms with van der Waals surface area (Å²) in [5.41, 5.74) is 2.22. The molecular weight excluding hydrogens is 530 g/mol. The molecule has 1 aromatic heterocycles. The van der Waals surface area contributed by atoms with Crippen LogP contribution in [-0.4, -0.2) is 70.8 Å². The molecule has 3 rings (SSSR count). The molecule has 2 heterocycles. The number of nitrogens with one attached hydrogen (secondary N) is 1. The number of halogens is 6. The van der Waals surface area contributed by atoms with E-state index in [1.807, 2.05) is 24.4 Å². The smallest absolute Gasteiger partial charge is 0.490 e. The molecule has 1 unspecified atom stereocenters. The standard InChI is InChI=1S/C19H24N2O3.2C2HF3O2/c1-24-15-5-6-18-16(11-15)13(8-10-21-18)3-2-4-14-7-9-20-12-17(14)19(22)23;2*3-2(4,5)1(6)7/h5-6,8,10-11,14,17,20H,2-4,7,9,12H2,1H3,(H,22,23);2*(H,6,7)/t14-,17?;;/m1../s1. The minimum absolute atomic E-state index is 0.256. The number of hydrogen-bond donors (Lipinski definition) is 4. The second-order valence-corrected chi connectivity index (χ2v) is 8.05. The Morgan fingerprint density at radius 1 is 1.03 bits per heavy atom. The number of fused-ring (bicyclic) bond motifs is 1. The highest BCUT2D eigenvalue weighted by Gasteiger charge is 2.38. The van der Waals surface area contributed by atoms with Crippen molar-refractivity contribution in [2.75, 3.05) is 20.2 Å². The van der Waals surface area contributed by atoms with Crippen molar-refractivity contribution in [3.8, 4) is 5.75 Å². The topological polar surface area (TPSA) is 146 Å². The summed E-state index contributed by atoms with van der Waals surface area (Å²) in [6, 6.07) is 7.98. The molecule has 9 nitrogen and oxygen atoms in total. The van der Waals surface area contributed by atoms with Crippen molar-refractivity contribution in [2.24, 2.45) is 11.8 Å². The zero-order chi connectivity index (χ0) is 29.1. The van der Waals surface area contributed by atoms with Crippen molar-refractivity contribution < 1.29 is 60.8 Å². The molecule has 0 radical (unpaired) electrons. The van der Waals surface area contributed by atoms with Crippen LogP contribution < -0.4 is 10.1 Å². The van der Waals surface area contributed by atoms with E-state index in [9.17, 15) is 36.2 Å². The molecule has 1 aromatic carbocycles. The first-order valence-electron chi connectivity index (χ1n) is 11.0. The number of aliphatic carboxylic acids is 3. The molecule has 0 aliphatic carbocycles. The van der Waals surface area contributed by atoms with Gasteiger partial charge in [0.1, 0.15) is 5.75 Å². The van der Waals surface area contributed by atoms with Crippen molar-refractivity contribution in [3.63, 3.8) is 0 Å². The first kappa shape index (κ1) is 32.4. The SMILES string of the molecule is COc1ccc2nccc(CCC[C@@H]3CCNCC3C(=O)O)c2c1.O=C(O)C(F)(F)F.O=C(O)C(F)(F)F. The average molecular weight is 556 g/mol. The largest absolute Gasteiger partial charge is 0.497 e. The zero-order valence-corrected chi connectivity index (χ0v) is 20.0. The van der Waals surface area contributed by atoms with Crippen LogP contribution in [0.3, 0.4) is 0 Å². The van der Waals surface area contributed by atoms with Gasteiger partial charge < -0.3 is 25.4 Å². The molecule has 2 atom stereocenters. The van der Waals surface area contributed by atoms with Crippen LogP contribution in [-0.2, 0) is 20.8 Å². The second-order valence-electron chi connectivity index (χ2n) is 8.05. The van der Waals surface area contributed by atoms with Crippen molar-refractivity contribution in [2.45, 2.75) is 38.0 Å². The summed E-state index contributed by atoms with van der Waals surface area (Å²) in [7, 11) is 1.67. The Morgan fingerprint density at radius 3 is 2.11 bits per heavy atom. The lowest BCUT2D eigenvalue weighted by Gasteiger charge is -2.29. The Hall–Kier alpha value is -3.62. The number of nitrogens with zero attached hydrogens (tertiary/aromatic N) is 1. The van der Waals surface area contributed by atoms with E-state index in [2.05, 4.69) is 16.4 Å². The predicted molar refractivity (Wildman–Crippen MR) is 121 cm³/mol. The quantitative estimate of drug-likeness (QED) is 0.386. The molecule has 38 heavy (non-hydrogen) atoms. The minimum atomic E-state index is -5.08. The molecule has 4 N–H and O–H groups in total. The fraction of sp³-hybridized carbons (Fsp3) is 0.478. The van der Waals surface area contributed by atoms with Gasteiger partial charge in [-0.3, -0.25) is 9.78 Å². The Morgan fingerprint density at radius 2 is 1.61 bits per heavy atom. The second kappa shape index (κ2) is 14.4. The fourth-order valence-corrected chi connectivity index (χ4v) is 3.63. The molecule has 212 valence electrons. The number of carboxylic acid groups (broad SMARTS) is 3. The van der Waals surface area contributed by atoms with Crippen molar-refractivity contribution in [3.05, 3.63) is 36.0 Å². The molecule has 0 amide bonds. The van der Waals surface area contributed by atoms with Crippen LogP contribution in [0.15, 0.2) is 30.5 Å². The third kappa shape index (κ3) is 10.8. The number of aromatic nitrogens is 1. The number of methoxy groups -OCH3 is 1.